The van der Waals surface area contributed by atoms with Gasteiger partial charge in [0, 0.05) is 25.3 Å². The van der Waals surface area contributed by atoms with Crippen LogP contribution in [0.1, 0.15) is 57.1 Å². The lowest BCUT2D eigenvalue weighted by atomic mass is 9.86. The molecule has 6 heteroatoms. The Bertz CT molecular complexity index is 418. The molecule has 0 unspecified atom stereocenters. The molecule has 0 aliphatic heterocycles. The molecule has 0 spiro atoms. The van der Waals surface area contributed by atoms with E-state index in [9.17, 15) is 8.78 Å². The van der Waals surface area contributed by atoms with Crippen molar-refractivity contribution in [3.05, 3.63) is 11.6 Å². The van der Waals surface area contributed by atoms with Crippen molar-refractivity contribution in [2.75, 3.05) is 0 Å². The fraction of sp³-hybridized carbons (Fsp3) is 0.846. The minimum Gasteiger partial charge on any atom is -0.324 e. The number of hydrogen-bond donors (Lipinski definition) is 1. The summed E-state index contributed by atoms with van der Waals surface area (Å²) < 4.78 is 28.5. The van der Waals surface area contributed by atoms with Gasteiger partial charge < -0.3 is 10.3 Å². The summed E-state index contributed by atoms with van der Waals surface area (Å²) in [6, 6.07) is 0. The SMILES string of the molecule is CC(C)Cn1c(CN)nnc1C1CCC(F)(F)CC1. The second-order valence-electron chi connectivity index (χ2n) is 5.81. The summed E-state index contributed by atoms with van der Waals surface area (Å²) in [5.41, 5.74) is 5.67. The van der Waals surface area contributed by atoms with Crippen LogP contribution in [0.3, 0.4) is 0 Å². The number of alkyl halides is 2. The van der Waals surface area contributed by atoms with Crippen molar-refractivity contribution in [1.82, 2.24) is 14.8 Å². The molecule has 2 N–H and O–H groups in total. The van der Waals surface area contributed by atoms with E-state index in [4.69, 9.17) is 5.73 Å². The highest BCUT2D eigenvalue weighted by molar-refractivity contribution is 5.04. The summed E-state index contributed by atoms with van der Waals surface area (Å²) in [5.74, 6) is -0.377. The Morgan fingerprint density at radius 2 is 1.95 bits per heavy atom. The van der Waals surface area contributed by atoms with Gasteiger partial charge in [-0.05, 0) is 18.8 Å². The summed E-state index contributed by atoms with van der Waals surface area (Å²) >= 11 is 0. The molecular weight excluding hydrogens is 250 g/mol. The molecule has 0 radical (unpaired) electrons. The molecule has 0 saturated heterocycles. The third kappa shape index (κ3) is 3.29. The van der Waals surface area contributed by atoms with Gasteiger partial charge in [-0.15, -0.1) is 10.2 Å². The van der Waals surface area contributed by atoms with E-state index in [1.807, 2.05) is 4.57 Å². The highest BCUT2D eigenvalue weighted by Crippen LogP contribution is 2.40. The van der Waals surface area contributed by atoms with Crippen molar-refractivity contribution in [2.45, 2.75) is 64.5 Å². The van der Waals surface area contributed by atoms with E-state index in [2.05, 4.69) is 24.0 Å². The molecule has 1 aliphatic rings. The smallest absolute Gasteiger partial charge is 0.248 e. The van der Waals surface area contributed by atoms with Gasteiger partial charge >= 0.3 is 0 Å². The lowest BCUT2D eigenvalue weighted by Crippen LogP contribution is -2.26. The highest BCUT2D eigenvalue weighted by Gasteiger charge is 2.37. The number of hydrogen-bond acceptors (Lipinski definition) is 3. The first-order valence-corrected chi connectivity index (χ1v) is 6.93. The fourth-order valence-corrected chi connectivity index (χ4v) is 2.66. The molecular formula is C13H22F2N4. The first-order valence-electron chi connectivity index (χ1n) is 6.93. The second-order valence-corrected chi connectivity index (χ2v) is 5.81. The maximum Gasteiger partial charge on any atom is 0.248 e. The maximum atomic E-state index is 13.2. The Morgan fingerprint density at radius 3 is 2.47 bits per heavy atom. The molecule has 19 heavy (non-hydrogen) atoms. The van der Waals surface area contributed by atoms with Gasteiger partial charge in [0.25, 0.3) is 0 Å². The molecule has 1 aromatic rings. The Hall–Kier alpha value is -1.04. The quantitative estimate of drug-likeness (QED) is 0.916. The first-order chi connectivity index (χ1) is 8.93. The topological polar surface area (TPSA) is 56.7 Å². The van der Waals surface area contributed by atoms with Crippen LogP contribution in [-0.4, -0.2) is 20.7 Å². The predicted molar refractivity (Wildman–Crippen MR) is 68.9 cm³/mol. The average molecular weight is 272 g/mol. The monoisotopic (exact) mass is 272 g/mol. The van der Waals surface area contributed by atoms with Gasteiger partial charge in [0.15, 0.2) is 0 Å². The third-order valence-corrected chi connectivity index (χ3v) is 3.67. The summed E-state index contributed by atoms with van der Waals surface area (Å²) in [7, 11) is 0. The molecule has 1 aliphatic carbocycles. The van der Waals surface area contributed by atoms with Crippen LogP contribution in [0.15, 0.2) is 0 Å². The van der Waals surface area contributed by atoms with Crippen LogP contribution in [0.4, 0.5) is 8.78 Å². The van der Waals surface area contributed by atoms with Crippen molar-refractivity contribution in [3.63, 3.8) is 0 Å². The zero-order valence-corrected chi connectivity index (χ0v) is 11.6. The van der Waals surface area contributed by atoms with Crippen LogP contribution in [0.5, 0.6) is 0 Å². The molecule has 1 saturated carbocycles. The number of halogens is 2. The lowest BCUT2D eigenvalue weighted by molar-refractivity contribution is -0.0390. The minimum absolute atomic E-state index is 0.0514. The first kappa shape index (κ1) is 14.4. The van der Waals surface area contributed by atoms with Crippen LogP contribution in [-0.2, 0) is 13.1 Å². The zero-order valence-electron chi connectivity index (χ0n) is 11.6. The standard InChI is InChI=1S/C13H22F2N4/c1-9(2)8-19-11(7-16)17-18-12(19)10-3-5-13(14,15)6-4-10/h9-10H,3-8,16H2,1-2H3. The molecule has 108 valence electrons. The number of rotatable bonds is 4. The summed E-state index contributed by atoms with van der Waals surface area (Å²) in [6.07, 6.45) is 0.857. The van der Waals surface area contributed by atoms with Crippen molar-refractivity contribution >= 4 is 0 Å². The van der Waals surface area contributed by atoms with Gasteiger partial charge in [0.05, 0.1) is 6.54 Å². The molecule has 1 fully saturated rings. The molecule has 0 bridgehead atoms. The molecule has 1 aromatic heterocycles. The van der Waals surface area contributed by atoms with E-state index in [1.54, 1.807) is 0 Å². The Morgan fingerprint density at radius 1 is 1.32 bits per heavy atom. The van der Waals surface area contributed by atoms with E-state index in [-0.39, 0.29) is 18.8 Å². The highest BCUT2D eigenvalue weighted by atomic mass is 19.3. The molecule has 4 nitrogen and oxygen atoms in total. The van der Waals surface area contributed by atoms with Gasteiger partial charge in [-0.25, -0.2) is 8.78 Å². The van der Waals surface area contributed by atoms with Crippen LogP contribution in [0.2, 0.25) is 0 Å². The van der Waals surface area contributed by atoms with Gasteiger partial charge in [-0.1, -0.05) is 13.8 Å². The van der Waals surface area contributed by atoms with Crippen LogP contribution in [0.25, 0.3) is 0 Å². The Labute approximate surface area is 112 Å². The zero-order chi connectivity index (χ0) is 14.0. The fourth-order valence-electron chi connectivity index (χ4n) is 2.66. The van der Waals surface area contributed by atoms with Crippen LogP contribution < -0.4 is 5.73 Å². The Balaban J connectivity index is 2.18. The molecule has 0 amide bonds. The number of nitrogens with zero attached hydrogens (tertiary/aromatic N) is 3. The van der Waals surface area contributed by atoms with E-state index in [0.717, 1.165) is 18.2 Å². The minimum atomic E-state index is -2.50. The number of nitrogens with two attached hydrogens (primary N) is 1. The molecule has 0 atom stereocenters. The molecule has 1 heterocycles. The van der Waals surface area contributed by atoms with E-state index in [0.29, 0.717) is 25.3 Å². The van der Waals surface area contributed by atoms with E-state index >= 15 is 0 Å². The van der Waals surface area contributed by atoms with Crippen LogP contribution >= 0.6 is 0 Å². The summed E-state index contributed by atoms with van der Waals surface area (Å²) in [4.78, 5) is 0. The van der Waals surface area contributed by atoms with E-state index in [1.165, 1.54) is 0 Å². The van der Waals surface area contributed by atoms with Gasteiger partial charge in [0.1, 0.15) is 11.6 Å². The predicted octanol–water partition coefficient (Wildman–Crippen LogP) is 2.69. The van der Waals surface area contributed by atoms with Gasteiger partial charge in [-0.2, -0.15) is 0 Å². The normalized spacial score (nSPS) is 20.1. The number of aromatic nitrogens is 3. The lowest BCUT2D eigenvalue weighted by Gasteiger charge is -2.28. The average Bonchev–Trinajstić information content (AvgIpc) is 2.71. The second kappa shape index (κ2) is 5.53. The van der Waals surface area contributed by atoms with Gasteiger partial charge in [-0.3, -0.25) is 0 Å². The molecule has 2 rings (SSSR count). The van der Waals surface area contributed by atoms with Crippen molar-refractivity contribution in [3.8, 4) is 0 Å². The summed E-state index contributed by atoms with van der Waals surface area (Å²) in [5, 5.41) is 8.30. The third-order valence-electron chi connectivity index (χ3n) is 3.67. The molecule has 0 aromatic carbocycles. The van der Waals surface area contributed by atoms with Crippen molar-refractivity contribution < 1.29 is 8.78 Å². The van der Waals surface area contributed by atoms with Crippen LogP contribution in [0, 0.1) is 5.92 Å². The van der Waals surface area contributed by atoms with Gasteiger partial charge in [0.2, 0.25) is 5.92 Å². The van der Waals surface area contributed by atoms with E-state index < -0.39 is 5.92 Å². The van der Waals surface area contributed by atoms with Crippen molar-refractivity contribution in [1.29, 1.82) is 0 Å². The Kier molecular flexibility index (Phi) is 4.18. The van der Waals surface area contributed by atoms with Crippen molar-refractivity contribution in [2.24, 2.45) is 11.7 Å². The summed E-state index contributed by atoms with van der Waals surface area (Å²) in [6.45, 7) is 5.35. The maximum absolute atomic E-state index is 13.2. The largest absolute Gasteiger partial charge is 0.324 e.